The Labute approximate surface area is 240 Å². The number of imidazole rings is 1. The number of anilines is 2. The number of benzene rings is 1. The molecule has 5 aromatic heterocycles. The van der Waals surface area contributed by atoms with Crippen molar-refractivity contribution in [3.8, 4) is 34.0 Å². The molecule has 0 amide bonds. The number of aromatic nitrogens is 8. The lowest BCUT2D eigenvalue weighted by molar-refractivity contribution is 0.425. The summed E-state index contributed by atoms with van der Waals surface area (Å²) in [6, 6.07) is 6.98. The smallest absolute Gasteiger partial charge is 0.159 e. The van der Waals surface area contributed by atoms with Gasteiger partial charge in [-0.15, -0.1) is 0 Å². The highest BCUT2D eigenvalue weighted by molar-refractivity contribution is 5.97. The van der Waals surface area contributed by atoms with Crippen LogP contribution in [0.1, 0.15) is 0 Å². The number of aromatic amines is 2. The molecule has 0 saturated carbocycles. The first-order valence-corrected chi connectivity index (χ1v) is 13.6. The standard InChI is InChI=1S/C29H29FN12/c1-41(2)4-3-34-19-6-16(5-17(30)7-19)21-9-32-11-25-27(21)38-29(37-25)28-20-8-22(35-12-23(20)39-40-28)24-10-33-13-26(36-24)42-14-18(31)15-42/h5-13,18,34H,3-4,14-15,31H2,1-2H3,(H,37,38)(H,39,40). The van der Waals surface area contributed by atoms with Gasteiger partial charge in [-0.25, -0.2) is 14.4 Å². The van der Waals surface area contributed by atoms with Crippen LogP contribution < -0.4 is 16.0 Å². The van der Waals surface area contributed by atoms with Crippen LogP contribution in [-0.2, 0) is 0 Å². The number of nitrogens with two attached hydrogens (primary N) is 1. The molecule has 212 valence electrons. The minimum absolute atomic E-state index is 0.158. The first kappa shape index (κ1) is 25.9. The predicted octanol–water partition coefficient (Wildman–Crippen LogP) is 3.28. The lowest BCUT2D eigenvalue weighted by atomic mass is 10.1. The average Bonchev–Trinajstić information content (AvgIpc) is 3.59. The number of fused-ring (bicyclic) bond motifs is 2. The molecule has 7 rings (SSSR count). The Kier molecular flexibility index (Phi) is 6.44. The van der Waals surface area contributed by atoms with Gasteiger partial charge in [0.15, 0.2) is 5.82 Å². The van der Waals surface area contributed by atoms with E-state index in [0.29, 0.717) is 57.3 Å². The maximum atomic E-state index is 14.7. The zero-order valence-electron chi connectivity index (χ0n) is 23.1. The second-order valence-electron chi connectivity index (χ2n) is 10.7. The number of hydrogen-bond donors (Lipinski definition) is 4. The minimum Gasteiger partial charge on any atom is -0.384 e. The van der Waals surface area contributed by atoms with Crippen molar-refractivity contribution in [1.29, 1.82) is 0 Å². The third-order valence-electron chi connectivity index (χ3n) is 7.28. The Balaban J connectivity index is 1.24. The van der Waals surface area contributed by atoms with Gasteiger partial charge >= 0.3 is 0 Å². The quantitative estimate of drug-likeness (QED) is 0.217. The summed E-state index contributed by atoms with van der Waals surface area (Å²) in [6.45, 7) is 3.02. The summed E-state index contributed by atoms with van der Waals surface area (Å²) in [5.41, 5.74) is 12.1. The van der Waals surface area contributed by atoms with Crippen LogP contribution in [0.4, 0.5) is 15.9 Å². The maximum absolute atomic E-state index is 14.7. The molecule has 6 aromatic rings. The SMILES string of the molecule is CN(C)CCNc1cc(F)cc(-c2cncc3[nH]c(-c4n[nH]c5cnc(-c6cncc(N7CC(N)C7)n6)cc45)nc23)c1. The van der Waals surface area contributed by atoms with Crippen molar-refractivity contribution in [1.82, 2.24) is 45.0 Å². The van der Waals surface area contributed by atoms with Gasteiger partial charge in [-0.1, -0.05) is 0 Å². The molecule has 42 heavy (non-hydrogen) atoms. The largest absolute Gasteiger partial charge is 0.384 e. The summed E-state index contributed by atoms with van der Waals surface area (Å²) in [7, 11) is 3.99. The number of hydrogen-bond acceptors (Lipinski definition) is 10. The van der Waals surface area contributed by atoms with Gasteiger partial charge in [0.25, 0.3) is 0 Å². The topological polar surface area (TPSA) is 153 Å². The van der Waals surface area contributed by atoms with E-state index in [1.807, 2.05) is 26.2 Å². The Morgan fingerprint density at radius 1 is 1.00 bits per heavy atom. The van der Waals surface area contributed by atoms with Crippen molar-refractivity contribution in [2.24, 2.45) is 5.73 Å². The molecular formula is C29H29FN12. The number of nitrogens with one attached hydrogen (secondary N) is 3. The van der Waals surface area contributed by atoms with Gasteiger partial charge in [0.05, 0.1) is 47.0 Å². The number of rotatable bonds is 8. The van der Waals surface area contributed by atoms with Crippen LogP contribution >= 0.6 is 0 Å². The molecule has 0 aliphatic carbocycles. The lowest BCUT2D eigenvalue weighted by Gasteiger charge is -2.37. The molecular weight excluding hydrogens is 535 g/mol. The molecule has 0 radical (unpaired) electrons. The van der Waals surface area contributed by atoms with Crippen LogP contribution in [0.5, 0.6) is 0 Å². The zero-order valence-corrected chi connectivity index (χ0v) is 23.1. The second-order valence-corrected chi connectivity index (χ2v) is 10.7. The first-order valence-electron chi connectivity index (χ1n) is 13.6. The van der Waals surface area contributed by atoms with Gasteiger partial charge in [0.2, 0.25) is 0 Å². The Hall–Kier alpha value is -5.01. The van der Waals surface area contributed by atoms with E-state index in [4.69, 9.17) is 15.7 Å². The van der Waals surface area contributed by atoms with Crippen LogP contribution in [0.25, 0.3) is 56.0 Å². The highest BCUT2D eigenvalue weighted by Gasteiger charge is 2.25. The fourth-order valence-electron chi connectivity index (χ4n) is 5.10. The van der Waals surface area contributed by atoms with Crippen LogP contribution in [-0.4, -0.2) is 91.3 Å². The average molecular weight is 565 g/mol. The molecule has 5 N–H and O–H groups in total. The monoisotopic (exact) mass is 564 g/mol. The van der Waals surface area contributed by atoms with Gasteiger partial charge in [-0.3, -0.25) is 20.1 Å². The van der Waals surface area contributed by atoms with E-state index < -0.39 is 0 Å². The number of likely N-dealkylation sites (N-methyl/N-ethyl adjacent to an activating group) is 1. The molecule has 0 bridgehead atoms. The number of halogens is 1. The fraction of sp³-hybridized carbons (Fsp3) is 0.241. The summed E-state index contributed by atoms with van der Waals surface area (Å²) in [6.07, 6.45) is 8.56. The minimum atomic E-state index is -0.338. The molecule has 6 heterocycles. The zero-order chi connectivity index (χ0) is 28.8. The highest BCUT2D eigenvalue weighted by atomic mass is 19.1. The number of pyridine rings is 2. The van der Waals surface area contributed by atoms with E-state index in [2.05, 4.69) is 45.2 Å². The molecule has 1 saturated heterocycles. The lowest BCUT2D eigenvalue weighted by Crippen LogP contribution is -2.56. The molecule has 0 atom stereocenters. The molecule has 1 aliphatic rings. The van der Waals surface area contributed by atoms with E-state index in [9.17, 15) is 4.39 Å². The van der Waals surface area contributed by atoms with E-state index in [1.165, 1.54) is 12.1 Å². The summed E-state index contributed by atoms with van der Waals surface area (Å²) >= 11 is 0. The van der Waals surface area contributed by atoms with Crippen molar-refractivity contribution in [2.75, 3.05) is 50.5 Å². The third-order valence-corrected chi connectivity index (χ3v) is 7.28. The highest BCUT2D eigenvalue weighted by Crippen LogP contribution is 2.33. The van der Waals surface area contributed by atoms with Crippen molar-refractivity contribution in [3.63, 3.8) is 0 Å². The van der Waals surface area contributed by atoms with Crippen molar-refractivity contribution >= 4 is 33.4 Å². The van der Waals surface area contributed by atoms with E-state index in [1.54, 1.807) is 31.0 Å². The van der Waals surface area contributed by atoms with Crippen molar-refractivity contribution in [3.05, 3.63) is 61.1 Å². The molecule has 12 nitrogen and oxygen atoms in total. The Bertz CT molecular complexity index is 1910. The van der Waals surface area contributed by atoms with Crippen molar-refractivity contribution in [2.45, 2.75) is 6.04 Å². The molecule has 1 aliphatic heterocycles. The number of H-pyrrole nitrogens is 2. The summed E-state index contributed by atoms with van der Waals surface area (Å²) in [5, 5.41) is 11.7. The second kappa shape index (κ2) is 10.4. The molecule has 1 aromatic carbocycles. The van der Waals surface area contributed by atoms with Gasteiger partial charge in [-0.05, 0) is 43.9 Å². The van der Waals surface area contributed by atoms with Gasteiger partial charge < -0.3 is 25.8 Å². The van der Waals surface area contributed by atoms with Gasteiger partial charge in [-0.2, -0.15) is 5.10 Å². The van der Waals surface area contributed by atoms with E-state index in [-0.39, 0.29) is 11.9 Å². The number of nitrogens with zero attached hydrogens (tertiary/aromatic N) is 8. The molecule has 0 spiro atoms. The van der Waals surface area contributed by atoms with Crippen LogP contribution in [0.3, 0.4) is 0 Å². The molecule has 0 unspecified atom stereocenters. The first-order chi connectivity index (χ1) is 20.4. The Morgan fingerprint density at radius 2 is 1.86 bits per heavy atom. The normalized spacial score (nSPS) is 13.8. The molecule has 1 fully saturated rings. The third kappa shape index (κ3) is 4.88. The molecule has 13 heteroatoms. The van der Waals surface area contributed by atoms with E-state index >= 15 is 0 Å². The summed E-state index contributed by atoms with van der Waals surface area (Å²) in [5.74, 6) is 0.988. The van der Waals surface area contributed by atoms with Crippen LogP contribution in [0.15, 0.2) is 55.2 Å². The summed E-state index contributed by atoms with van der Waals surface area (Å²) < 4.78 is 14.7. The summed E-state index contributed by atoms with van der Waals surface area (Å²) in [4.78, 5) is 30.5. The fourth-order valence-corrected chi connectivity index (χ4v) is 5.10. The Morgan fingerprint density at radius 3 is 2.69 bits per heavy atom. The van der Waals surface area contributed by atoms with Crippen molar-refractivity contribution < 1.29 is 4.39 Å². The van der Waals surface area contributed by atoms with Crippen LogP contribution in [0, 0.1) is 5.82 Å². The van der Waals surface area contributed by atoms with Gasteiger partial charge in [0.1, 0.15) is 23.0 Å². The van der Waals surface area contributed by atoms with Crippen LogP contribution in [0.2, 0.25) is 0 Å². The predicted molar refractivity (Wildman–Crippen MR) is 160 cm³/mol. The maximum Gasteiger partial charge on any atom is 0.159 e. The van der Waals surface area contributed by atoms with Gasteiger partial charge in [0, 0.05) is 55.1 Å². The van der Waals surface area contributed by atoms with E-state index in [0.717, 1.165) is 36.4 Å².